The molecule has 0 aromatic carbocycles. The predicted molar refractivity (Wildman–Crippen MR) is 131 cm³/mol. The highest BCUT2D eigenvalue weighted by Gasteiger charge is 1.94. The van der Waals surface area contributed by atoms with Crippen molar-refractivity contribution in [1.82, 2.24) is 0 Å². The summed E-state index contributed by atoms with van der Waals surface area (Å²) in [5.41, 5.74) is 0. The van der Waals surface area contributed by atoms with Gasteiger partial charge in [0.05, 0.1) is 0 Å². The van der Waals surface area contributed by atoms with Gasteiger partial charge in [-0.15, -0.1) is 0 Å². The molecule has 0 aliphatic heterocycles. The van der Waals surface area contributed by atoms with Crippen molar-refractivity contribution in [2.75, 3.05) is 0 Å². The summed E-state index contributed by atoms with van der Waals surface area (Å²) in [7, 11) is 0. The molecule has 0 unspecified atom stereocenters. The van der Waals surface area contributed by atoms with E-state index in [1.54, 1.807) is 0 Å². The lowest BCUT2D eigenvalue weighted by molar-refractivity contribution is 0.542. The van der Waals surface area contributed by atoms with Crippen molar-refractivity contribution in [2.24, 2.45) is 0 Å². The summed E-state index contributed by atoms with van der Waals surface area (Å²) in [6.45, 7) is 7.82. The number of rotatable bonds is 24. The van der Waals surface area contributed by atoms with E-state index in [0.717, 1.165) is 12.8 Å². The van der Waals surface area contributed by atoms with Gasteiger partial charge in [-0.2, -0.15) is 0 Å². The van der Waals surface area contributed by atoms with E-state index in [1.807, 2.05) is 0 Å². The molecule has 0 aliphatic rings. The average Bonchev–Trinajstić information content (AvgIpc) is 2.71. The standard InChI is InChI=1S/C28H54/c1-3-5-7-9-11-13-15-17-19-21-23-25-27-28-26-24-22-20-18-16-14-12-10-8-6-4-2/h23,25H,1-22,24,26-28H2. The van der Waals surface area contributed by atoms with Crippen molar-refractivity contribution in [3.05, 3.63) is 26.0 Å². The first-order valence-electron chi connectivity index (χ1n) is 13.1. The van der Waals surface area contributed by atoms with Gasteiger partial charge in [0.15, 0.2) is 0 Å². The molecule has 166 valence electrons. The molecule has 0 aromatic heterocycles. The van der Waals surface area contributed by atoms with Crippen LogP contribution in [0.1, 0.15) is 154 Å². The molecule has 0 amide bonds. The number of hydrogen-bond acceptors (Lipinski definition) is 0. The van der Waals surface area contributed by atoms with Crippen LogP contribution in [0.2, 0.25) is 0 Å². The smallest absolute Gasteiger partial charge is 0.0351 e. The maximum atomic E-state index is 3.91. The van der Waals surface area contributed by atoms with E-state index in [9.17, 15) is 0 Å². The van der Waals surface area contributed by atoms with Crippen LogP contribution in [-0.4, -0.2) is 0 Å². The second-order valence-corrected chi connectivity index (χ2v) is 8.83. The maximum Gasteiger partial charge on any atom is -0.0351 e. The van der Waals surface area contributed by atoms with Crippen LogP contribution in [0, 0.1) is 13.8 Å². The summed E-state index contributed by atoms with van der Waals surface area (Å²) in [6.07, 6.45) is 38.2. The Morgan fingerprint density at radius 2 is 0.500 bits per heavy atom. The van der Waals surface area contributed by atoms with Gasteiger partial charge < -0.3 is 0 Å². The van der Waals surface area contributed by atoms with Gasteiger partial charge >= 0.3 is 0 Å². The van der Waals surface area contributed by atoms with Gasteiger partial charge in [-0.1, -0.05) is 154 Å². The Kier molecular flexibility index (Phi) is 26.5. The Hall–Kier alpha value is -0.260. The summed E-state index contributed by atoms with van der Waals surface area (Å²) in [6, 6.07) is 0. The van der Waals surface area contributed by atoms with Gasteiger partial charge in [0.2, 0.25) is 0 Å². The first kappa shape index (κ1) is 27.7. The van der Waals surface area contributed by atoms with Gasteiger partial charge in [-0.05, 0) is 25.7 Å². The minimum Gasteiger partial charge on any atom is -0.0885 e. The summed E-state index contributed by atoms with van der Waals surface area (Å²) < 4.78 is 0. The van der Waals surface area contributed by atoms with E-state index in [4.69, 9.17) is 0 Å². The van der Waals surface area contributed by atoms with Crippen LogP contribution in [0.15, 0.2) is 12.2 Å². The lowest BCUT2D eigenvalue weighted by atomic mass is 10.0. The van der Waals surface area contributed by atoms with Crippen LogP contribution in [0.25, 0.3) is 0 Å². The third kappa shape index (κ3) is 25.7. The topological polar surface area (TPSA) is 0 Å². The second-order valence-electron chi connectivity index (χ2n) is 8.83. The molecule has 0 bridgehead atoms. The molecule has 0 saturated heterocycles. The predicted octanol–water partition coefficient (Wildman–Crippen LogP) is 10.6. The zero-order valence-corrected chi connectivity index (χ0v) is 19.5. The molecule has 0 spiro atoms. The Balaban J connectivity index is 3.05. The van der Waals surface area contributed by atoms with Crippen molar-refractivity contribution in [3.63, 3.8) is 0 Å². The summed E-state index contributed by atoms with van der Waals surface area (Å²) in [4.78, 5) is 0. The Labute approximate surface area is 180 Å². The summed E-state index contributed by atoms with van der Waals surface area (Å²) in [5.74, 6) is 0. The van der Waals surface area contributed by atoms with Crippen LogP contribution in [0.4, 0.5) is 0 Å². The molecule has 0 aliphatic carbocycles. The highest BCUT2D eigenvalue weighted by atomic mass is 14.0. The molecule has 0 rings (SSSR count). The highest BCUT2D eigenvalue weighted by Crippen LogP contribution is 2.13. The number of unbranched alkanes of at least 4 members (excludes halogenated alkanes) is 22. The van der Waals surface area contributed by atoms with Crippen LogP contribution in [-0.2, 0) is 0 Å². The van der Waals surface area contributed by atoms with Gasteiger partial charge in [0.1, 0.15) is 0 Å². The zero-order valence-electron chi connectivity index (χ0n) is 19.5. The van der Waals surface area contributed by atoms with E-state index < -0.39 is 0 Å². The largest absolute Gasteiger partial charge is 0.0885 e. The van der Waals surface area contributed by atoms with E-state index in [1.165, 1.54) is 141 Å². The Morgan fingerprint density at radius 1 is 0.286 bits per heavy atom. The fourth-order valence-electron chi connectivity index (χ4n) is 3.94. The fourth-order valence-corrected chi connectivity index (χ4v) is 3.94. The van der Waals surface area contributed by atoms with Crippen LogP contribution in [0.5, 0.6) is 0 Å². The fraction of sp³-hybridized carbons (Fsp3) is 0.857. The third-order valence-corrected chi connectivity index (χ3v) is 5.91. The van der Waals surface area contributed by atoms with Crippen LogP contribution in [0.3, 0.4) is 0 Å². The Morgan fingerprint density at radius 3 is 0.750 bits per heavy atom. The molecule has 0 fully saturated rings. The van der Waals surface area contributed by atoms with Crippen molar-refractivity contribution in [1.29, 1.82) is 0 Å². The quantitative estimate of drug-likeness (QED) is 0.113. The van der Waals surface area contributed by atoms with Gasteiger partial charge in [0, 0.05) is 0 Å². The monoisotopic (exact) mass is 390 g/mol. The van der Waals surface area contributed by atoms with Gasteiger partial charge in [0.25, 0.3) is 0 Å². The Bertz CT molecular complexity index is 278. The SMILES string of the molecule is [CH2]CCCCCCCCCCC=CCCCCCCCCCCCCCC[CH2]. The minimum absolute atomic E-state index is 1.12. The molecular formula is C28H54. The lowest BCUT2D eigenvalue weighted by Gasteiger charge is -2.02. The molecule has 28 heavy (non-hydrogen) atoms. The maximum absolute atomic E-state index is 3.91. The first-order valence-corrected chi connectivity index (χ1v) is 13.1. The number of allylic oxidation sites excluding steroid dienone is 2. The molecule has 0 saturated carbocycles. The van der Waals surface area contributed by atoms with Crippen molar-refractivity contribution in [3.8, 4) is 0 Å². The first-order chi connectivity index (χ1) is 13.9. The summed E-state index contributed by atoms with van der Waals surface area (Å²) in [5, 5.41) is 0. The van der Waals surface area contributed by atoms with Crippen LogP contribution >= 0.6 is 0 Å². The molecule has 0 heterocycles. The average molecular weight is 391 g/mol. The molecule has 0 nitrogen and oxygen atoms in total. The van der Waals surface area contributed by atoms with Crippen molar-refractivity contribution < 1.29 is 0 Å². The van der Waals surface area contributed by atoms with Crippen molar-refractivity contribution >= 4 is 0 Å². The van der Waals surface area contributed by atoms with E-state index in [-0.39, 0.29) is 0 Å². The molecular weight excluding hydrogens is 336 g/mol. The van der Waals surface area contributed by atoms with E-state index in [2.05, 4.69) is 26.0 Å². The highest BCUT2D eigenvalue weighted by molar-refractivity contribution is 4.81. The zero-order chi connectivity index (χ0) is 20.4. The van der Waals surface area contributed by atoms with Crippen LogP contribution < -0.4 is 0 Å². The summed E-state index contributed by atoms with van der Waals surface area (Å²) >= 11 is 0. The van der Waals surface area contributed by atoms with Gasteiger partial charge in [-0.3, -0.25) is 0 Å². The third-order valence-electron chi connectivity index (χ3n) is 5.91. The van der Waals surface area contributed by atoms with Crippen molar-refractivity contribution in [2.45, 2.75) is 154 Å². The minimum atomic E-state index is 1.12. The lowest BCUT2D eigenvalue weighted by Crippen LogP contribution is -1.83. The molecule has 0 heteroatoms. The molecule has 0 aromatic rings. The molecule has 2 radical (unpaired) electrons. The normalized spacial score (nSPS) is 11.6. The van der Waals surface area contributed by atoms with E-state index in [0.29, 0.717) is 0 Å². The molecule has 0 N–H and O–H groups in total. The van der Waals surface area contributed by atoms with Gasteiger partial charge in [-0.25, -0.2) is 0 Å². The molecule has 0 atom stereocenters. The second kappa shape index (κ2) is 26.7. The van der Waals surface area contributed by atoms with E-state index >= 15 is 0 Å². The number of hydrogen-bond donors (Lipinski definition) is 0.